The molecule has 1 rings (SSSR count). The van der Waals surface area contributed by atoms with E-state index >= 15 is 0 Å². The van der Waals surface area contributed by atoms with Gasteiger partial charge in [-0.3, -0.25) is 4.79 Å². The summed E-state index contributed by atoms with van der Waals surface area (Å²) in [6.07, 6.45) is 1.97. The van der Waals surface area contributed by atoms with Crippen molar-refractivity contribution in [2.75, 3.05) is 5.88 Å². The van der Waals surface area contributed by atoms with Crippen molar-refractivity contribution in [1.82, 2.24) is 5.32 Å². The number of alkyl halides is 1. The Balaban J connectivity index is 2.79. The maximum Gasteiger partial charge on any atom is 0.227 e. The second-order valence-corrected chi connectivity index (χ2v) is 5.51. The molecule has 1 aromatic carbocycles. The van der Waals surface area contributed by atoms with Crippen molar-refractivity contribution in [2.45, 2.75) is 39.7 Å². The summed E-state index contributed by atoms with van der Waals surface area (Å²) in [5.74, 6) is 0.340. The van der Waals surface area contributed by atoms with Gasteiger partial charge >= 0.3 is 0 Å². The first-order valence-corrected chi connectivity index (χ1v) is 6.96. The average Bonchev–Trinajstić information content (AvgIpc) is 2.39. The van der Waals surface area contributed by atoms with Crippen molar-refractivity contribution in [2.24, 2.45) is 5.41 Å². The lowest BCUT2D eigenvalue weighted by Crippen LogP contribution is -2.40. The number of carbonyl (C=O) groups excluding carboxylic acids is 1. The zero-order chi connectivity index (χ0) is 13.6. The third kappa shape index (κ3) is 4.02. The number of hydrogen-bond donors (Lipinski definition) is 1. The van der Waals surface area contributed by atoms with E-state index in [-0.39, 0.29) is 11.9 Å². The molecule has 0 aromatic heterocycles. The molecule has 18 heavy (non-hydrogen) atoms. The van der Waals surface area contributed by atoms with Crippen molar-refractivity contribution < 1.29 is 4.79 Å². The fourth-order valence-electron chi connectivity index (χ4n) is 1.71. The van der Waals surface area contributed by atoms with Gasteiger partial charge in [0.15, 0.2) is 0 Å². The van der Waals surface area contributed by atoms with Crippen molar-refractivity contribution >= 4 is 17.5 Å². The van der Waals surface area contributed by atoms with Crippen molar-refractivity contribution in [1.29, 1.82) is 0 Å². The molecule has 0 saturated carbocycles. The van der Waals surface area contributed by atoms with Crippen LogP contribution in [0.25, 0.3) is 0 Å². The summed E-state index contributed by atoms with van der Waals surface area (Å²) in [5.41, 5.74) is 0.626. The minimum atomic E-state index is -0.525. The van der Waals surface area contributed by atoms with Crippen LogP contribution < -0.4 is 5.32 Å². The largest absolute Gasteiger partial charge is 0.349 e. The first kappa shape index (κ1) is 15.0. The van der Waals surface area contributed by atoms with Gasteiger partial charge in [0.2, 0.25) is 5.91 Å². The third-order valence-electron chi connectivity index (χ3n) is 3.03. The summed E-state index contributed by atoms with van der Waals surface area (Å²) in [6.45, 7) is 5.85. The van der Waals surface area contributed by atoms with Gasteiger partial charge in [-0.05, 0) is 25.8 Å². The van der Waals surface area contributed by atoms with Crippen LogP contribution in [0.2, 0.25) is 0 Å². The quantitative estimate of drug-likeness (QED) is 0.778. The fourth-order valence-corrected chi connectivity index (χ4v) is 1.83. The lowest BCUT2D eigenvalue weighted by Gasteiger charge is -2.26. The highest BCUT2D eigenvalue weighted by atomic mass is 35.5. The molecular weight excluding hydrogens is 246 g/mol. The molecule has 3 heteroatoms. The Bertz CT molecular complexity index is 375. The Labute approximate surface area is 115 Å². The number of amides is 1. The van der Waals surface area contributed by atoms with Crippen LogP contribution in [0.1, 0.15) is 45.2 Å². The molecule has 0 aliphatic rings. The predicted octanol–water partition coefficient (Wildman–Crippen LogP) is 3.91. The number of rotatable bonds is 6. The summed E-state index contributed by atoms with van der Waals surface area (Å²) < 4.78 is 0. The number of nitrogens with one attached hydrogen (secondary N) is 1. The zero-order valence-electron chi connectivity index (χ0n) is 11.4. The highest BCUT2D eigenvalue weighted by molar-refractivity contribution is 6.19. The zero-order valence-corrected chi connectivity index (χ0v) is 12.1. The normalized spacial score (nSPS) is 13.1. The van der Waals surface area contributed by atoms with Crippen LogP contribution in [0.15, 0.2) is 30.3 Å². The molecule has 1 unspecified atom stereocenters. The van der Waals surface area contributed by atoms with E-state index in [1.807, 2.05) is 44.2 Å². The van der Waals surface area contributed by atoms with E-state index in [2.05, 4.69) is 12.2 Å². The molecule has 0 aliphatic carbocycles. The number of halogens is 1. The lowest BCUT2D eigenvalue weighted by molar-refractivity contribution is -0.129. The molecule has 1 N–H and O–H groups in total. The highest BCUT2D eigenvalue weighted by Gasteiger charge is 2.28. The number of carbonyl (C=O) groups is 1. The summed E-state index contributed by atoms with van der Waals surface area (Å²) in [7, 11) is 0. The Morgan fingerprint density at radius 1 is 1.33 bits per heavy atom. The van der Waals surface area contributed by atoms with Crippen molar-refractivity contribution in [3.05, 3.63) is 35.9 Å². The van der Waals surface area contributed by atoms with Gasteiger partial charge in [0, 0.05) is 5.88 Å². The summed E-state index contributed by atoms with van der Waals surface area (Å²) in [5, 5.41) is 3.10. The van der Waals surface area contributed by atoms with E-state index in [1.165, 1.54) is 0 Å². The Morgan fingerprint density at radius 3 is 2.44 bits per heavy atom. The van der Waals surface area contributed by atoms with E-state index < -0.39 is 5.41 Å². The molecular formula is C15H22ClNO. The Kier molecular flexibility index (Phi) is 5.67. The van der Waals surface area contributed by atoms with Gasteiger partial charge in [-0.25, -0.2) is 0 Å². The molecule has 0 spiro atoms. The molecule has 0 radical (unpaired) electrons. The van der Waals surface area contributed by atoms with Crippen LogP contribution in [0.5, 0.6) is 0 Å². The Morgan fingerprint density at radius 2 is 1.94 bits per heavy atom. The number of hydrogen-bond acceptors (Lipinski definition) is 1. The van der Waals surface area contributed by atoms with E-state index in [4.69, 9.17) is 11.6 Å². The monoisotopic (exact) mass is 267 g/mol. The van der Waals surface area contributed by atoms with Gasteiger partial charge in [0.1, 0.15) is 0 Å². The van der Waals surface area contributed by atoms with Gasteiger partial charge in [-0.15, -0.1) is 11.6 Å². The molecule has 0 heterocycles. The average molecular weight is 268 g/mol. The van der Waals surface area contributed by atoms with Crippen LogP contribution in [0.3, 0.4) is 0 Å². The SMILES string of the molecule is CCCC(NC(=O)C(C)(C)CCl)c1ccccc1. The van der Waals surface area contributed by atoms with Gasteiger partial charge in [-0.1, -0.05) is 43.7 Å². The topological polar surface area (TPSA) is 29.1 Å². The summed E-state index contributed by atoms with van der Waals surface area (Å²) in [6, 6.07) is 10.2. The van der Waals surface area contributed by atoms with E-state index in [1.54, 1.807) is 0 Å². The van der Waals surface area contributed by atoms with Gasteiger partial charge in [-0.2, -0.15) is 0 Å². The minimum Gasteiger partial charge on any atom is -0.349 e. The molecule has 0 aliphatic heterocycles. The summed E-state index contributed by atoms with van der Waals surface area (Å²) >= 11 is 5.83. The third-order valence-corrected chi connectivity index (χ3v) is 3.70. The molecule has 2 nitrogen and oxygen atoms in total. The molecule has 0 bridgehead atoms. The lowest BCUT2D eigenvalue weighted by atomic mass is 9.93. The maximum absolute atomic E-state index is 12.2. The minimum absolute atomic E-state index is 0.0137. The van der Waals surface area contributed by atoms with Gasteiger partial charge in [0.05, 0.1) is 11.5 Å². The molecule has 1 aromatic rings. The highest BCUT2D eigenvalue weighted by Crippen LogP contribution is 2.23. The molecule has 1 atom stereocenters. The summed E-state index contributed by atoms with van der Waals surface area (Å²) in [4.78, 5) is 12.2. The second-order valence-electron chi connectivity index (χ2n) is 5.24. The fraction of sp³-hybridized carbons (Fsp3) is 0.533. The van der Waals surface area contributed by atoms with Crippen molar-refractivity contribution in [3.8, 4) is 0 Å². The first-order chi connectivity index (χ1) is 8.51. The van der Waals surface area contributed by atoms with E-state index in [0.717, 1.165) is 18.4 Å². The number of benzene rings is 1. The van der Waals surface area contributed by atoms with Crippen LogP contribution in [0.4, 0.5) is 0 Å². The molecule has 0 fully saturated rings. The molecule has 1 amide bonds. The van der Waals surface area contributed by atoms with Crippen LogP contribution >= 0.6 is 11.6 Å². The van der Waals surface area contributed by atoms with Gasteiger partial charge in [0.25, 0.3) is 0 Å². The standard InChI is InChI=1S/C15H22ClNO/c1-4-8-13(12-9-6-5-7-10-12)17-14(18)15(2,3)11-16/h5-7,9-10,13H,4,8,11H2,1-3H3,(H,17,18). The second kappa shape index (κ2) is 6.79. The predicted molar refractivity (Wildman–Crippen MR) is 76.7 cm³/mol. The molecule has 100 valence electrons. The Hall–Kier alpha value is -1.02. The maximum atomic E-state index is 12.2. The van der Waals surface area contributed by atoms with Crippen LogP contribution in [0, 0.1) is 5.41 Å². The molecule has 0 saturated heterocycles. The smallest absolute Gasteiger partial charge is 0.227 e. The first-order valence-electron chi connectivity index (χ1n) is 6.43. The van der Waals surface area contributed by atoms with Crippen molar-refractivity contribution in [3.63, 3.8) is 0 Å². The van der Waals surface area contributed by atoms with E-state index in [9.17, 15) is 4.79 Å². The van der Waals surface area contributed by atoms with Crippen LogP contribution in [-0.4, -0.2) is 11.8 Å². The van der Waals surface area contributed by atoms with Gasteiger partial charge < -0.3 is 5.32 Å². The van der Waals surface area contributed by atoms with Crippen LogP contribution in [-0.2, 0) is 4.79 Å². The van der Waals surface area contributed by atoms with E-state index in [0.29, 0.717) is 5.88 Å².